The lowest BCUT2D eigenvalue weighted by Crippen LogP contribution is -2.00. The van der Waals surface area contributed by atoms with Crippen LogP contribution in [0.1, 0.15) is 5.56 Å². The van der Waals surface area contributed by atoms with Crippen molar-refractivity contribution >= 4 is 0 Å². The third-order valence-electron chi connectivity index (χ3n) is 2.09. The lowest BCUT2D eigenvalue weighted by Gasteiger charge is -2.02. The van der Waals surface area contributed by atoms with Gasteiger partial charge in [-0.3, -0.25) is 0 Å². The largest absolute Gasteiger partial charge is 0.328 e. The van der Waals surface area contributed by atoms with Crippen molar-refractivity contribution in [2.45, 2.75) is 13.0 Å². The molecule has 3 heteroatoms. The molecule has 0 atom stereocenters. The highest BCUT2D eigenvalue weighted by Crippen LogP contribution is 2.07. The second-order valence-electron chi connectivity index (χ2n) is 3.06. The highest BCUT2D eigenvalue weighted by Gasteiger charge is 2.00. The zero-order valence-electron chi connectivity index (χ0n) is 7.65. The Morgan fingerprint density at radius 3 is 2.93 bits per heavy atom. The fourth-order valence-electron chi connectivity index (χ4n) is 1.32. The Balaban J connectivity index is 2.02. The Hall–Kier alpha value is -1.64. The first-order valence-corrected chi connectivity index (χ1v) is 4.48. The summed E-state index contributed by atoms with van der Waals surface area (Å²) in [7, 11) is 0. The molecule has 0 unspecified atom stereocenters. The summed E-state index contributed by atoms with van der Waals surface area (Å²) < 4.78 is 15.0. The van der Waals surface area contributed by atoms with Gasteiger partial charge in [0.05, 0.1) is 0 Å². The van der Waals surface area contributed by atoms with E-state index in [2.05, 4.69) is 11.3 Å². The van der Waals surface area contributed by atoms with E-state index in [1.165, 1.54) is 6.07 Å². The molecule has 0 bridgehead atoms. The van der Waals surface area contributed by atoms with Crippen LogP contribution in [-0.2, 0) is 13.0 Å². The third kappa shape index (κ3) is 1.99. The molecule has 0 aliphatic carbocycles. The molecule has 0 fully saturated rings. The summed E-state index contributed by atoms with van der Waals surface area (Å²) in [5.74, 6) is -0.146. The van der Waals surface area contributed by atoms with Crippen LogP contribution in [0.5, 0.6) is 0 Å². The Kier molecular flexibility index (Phi) is 2.58. The molecule has 1 radical (unpaired) electrons. The minimum atomic E-state index is -0.146. The minimum Gasteiger partial charge on any atom is -0.328 e. The standard InChI is InChI=1S/C11H10FN2/c12-11-4-2-1-3-10(11)5-7-14-8-6-13-9-14/h1-4,6,8H,5,7H2. The summed E-state index contributed by atoms with van der Waals surface area (Å²) in [5.41, 5.74) is 0.731. The van der Waals surface area contributed by atoms with E-state index in [-0.39, 0.29) is 5.82 Å². The fraction of sp³-hybridized carbons (Fsp3) is 0.182. The van der Waals surface area contributed by atoms with Gasteiger partial charge in [0.25, 0.3) is 0 Å². The lowest BCUT2D eigenvalue weighted by molar-refractivity contribution is 0.592. The van der Waals surface area contributed by atoms with Gasteiger partial charge in [-0.1, -0.05) is 18.2 Å². The summed E-state index contributed by atoms with van der Waals surface area (Å²) in [5, 5.41) is 0. The molecule has 0 aliphatic rings. The number of aromatic nitrogens is 2. The number of hydrogen-bond acceptors (Lipinski definition) is 1. The molecule has 1 aromatic heterocycles. The summed E-state index contributed by atoms with van der Waals surface area (Å²) in [6, 6.07) is 6.82. The quantitative estimate of drug-likeness (QED) is 0.722. The SMILES string of the molecule is Fc1ccccc1CCn1[c]ncc1. The highest BCUT2D eigenvalue weighted by atomic mass is 19.1. The number of halogens is 1. The molecular weight excluding hydrogens is 179 g/mol. The van der Waals surface area contributed by atoms with Crippen molar-refractivity contribution in [1.29, 1.82) is 0 Å². The van der Waals surface area contributed by atoms with Gasteiger partial charge in [-0.05, 0) is 18.1 Å². The first kappa shape index (κ1) is 8.94. The zero-order valence-corrected chi connectivity index (χ0v) is 7.65. The first-order chi connectivity index (χ1) is 6.86. The van der Waals surface area contributed by atoms with E-state index in [4.69, 9.17) is 0 Å². The average Bonchev–Trinajstić information content (AvgIpc) is 2.69. The molecule has 0 aliphatic heterocycles. The molecule has 1 heterocycles. The normalized spacial score (nSPS) is 10.4. The molecule has 0 amide bonds. The van der Waals surface area contributed by atoms with Gasteiger partial charge in [-0.25, -0.2) is 9.37 Å². The van der Waals surface area contributed by atoms with Crippen molar-refractivity contribution in [2.75, 3.05) is 0 Å². The summed E-state index contributed by atoms with van der Waals surface area (Å²) in [6.07, 6.45) is 6.93. The van der Waals surface area contributed by atoms with E-state index in [9.17, 15) is 4.39 Å². The molecule has 14 heavy (non-hydrogen) atoms. The van der Waals surface area contributed by atoms with E-state index in [0.29, 0.717) is 13.0 Å². The van der Waals surface area contributed by atoms with E-state index >= 15 is 0 Å². The maximum Gasteiger partial charge on any atom is 0.176 e. The Morgan fingerprint density at radius 1 is 1.36 bits per heavy atom. The van der Waals surface area contributed by atoms with Crippen LogP contribution >= 0.6 is 0 Å². The van der Waals surface area contributed by atoms with Gasteiger partial charge >= 0.3 is 0 Å². The van der Waals surface area contributed by atoms with Gasteiger partial charge in [0.2, 0.25) is 0 Å². The number of benzene rings is 1. The maximum atomic E-state index is 13.2. The summed E-state index contributed by atoms with van der Waals surface area (Å²) in [6.45, 7) is 0.709. The minimum absolute atomic E-state index is 0.146. The van der Waals surface area contributed by atoms with E-state index < -0.39 is 0 Å². The number of rotatable bonds is 3. The molecule has 2 rings (SSSR count). The molecule has 0 saturated heterocycles. The summed E-state index contributed by atoms with van der Waals surface area (Å²) in [4.78, 5) is 3.80. The molecule has 2 aromatic rings. The van der Waals surface area contributed by atoms with Crippen molar-refractivity contribution in [2.24, 2.45) is 0 Å². The number of aryl methyl sites for hydroxylation is 2. The van der Waals surface area contributed by atoms with Crippen LogP contribution < -0.4 is 0 Å². The first-order valence-electron chi connectivity index (χ1n) is 4.48. The zero-order chi connectivity index (χ0) is 9.80. The van der Waals surface area contributed by atoms with Crippen LogP contribution in [0.4, 0.5) is 4.39 Å². The Bertz CT molecular complexity index is 395. The van der Waals surface area contributed by atoms with Crippen LogP contribution in [0.15, 0.2) is 36.7 Å². The second kappa shape index (κ2) is 4.05. The van der Waals surface area contributed by atoms with Crippen LogP contribution in [0.25, 0.3) is 0 Å². The van der Waals surface area contributed by atoms with Crippen molar-refractivity contribution in [3.8, 4) is 0 Å². The number of hydrogen-bond donors (Lipinski definition) is 0. The van der Waals surface area contributed by atoms with E-state index in [0.717, 1.165) is 5.56 Å². The monoisotopic (exact) mass is 189 g/mol. The Morgan fingerprint density at radius 2 is 2.21 bits per heavy atom. The van der Waals surface area contributed by atoms with Crippen LogP contribution in [0.2, 0.25) is 0 Å². The van der Waals surface area contributed by atoms with Crippen molar-refractivity contribution in [3.63, 3.8) is 0 Å². The molecular formula is C11H10FN2. The second-order valence-corrected chi connectivity index (χ2v) is 3.06. The molecule has 0 spiro atoms. The van der Waals surface area contributed by atoms with Gasteiger partial charge in [0, 0.05) is 18.9 Å². The third-order valence-corrected chi connectivity index (χ3v) is 2.09. The van der Waals surface area contributed by atoms with Gasteiger partial charge in [-0.2, -0.15) is 0 Å². The predicted molar refractivity (Wildman–Crippen MR) is 51.2 cm³/mol. The smallest absolute Gasteiger partial charge is 0.176 e. The van der Waals surface area contributed by atoms with Crippen LogP contribution in [0.3, 0.4) is 0 Å². The van der Waals surface area contributed by atoms with Crippen LogP contribution in [-0.4, -0.2) is 9.55 Å². The predicted octanol–water partition coefficient (Wildman–Crippen LogP) is 2.07. The van der Waals surface area contributed by atoms with Gasteiger partial charge < -0.3 is 4.57 Å². The molecule has 71 valence electrons. The van der Waals surface area contributed by atoms with E-state index in [1.807, 2.05) is 16.8 Å². The molecule has 0 saturated carbocycles. The number of nitrogens with zero attached hydrogens (tertiary/aromatic N) is 2. The Labute approximate surface area is 82.0 Å². The van der Waals surface area contributed by atoms with E-state index in [1.54, 1.807) is 18.3 Å². The summed E-state index contributed by atoms with van der Waals surface area (Å²) >= 11 is 0. The van der Waals surface area contributed by atoms with Crippen molar-refractivity contribution < 1.29 is 4.39 Å². The fourth-order valence-corrected chi connectivity index (χ4v) is 1.32. The average molecular weight is 189 g/mol. The van der Waals surface area contributed by atoms with Crippen LogP contribution in [0, 0.1) is 12.1 Å². The molecule has 0 N–H and O–H groups in total. The lowest BCUT2D eigenvalue weighted by atomic mass is 10.1. The van der Waals surface area contributed by atoms with Crippen molar-refractivity contribution in [1.82, 2.24) is 9.55 Å². The highest BCUT2D eigenvalue weighted by molar-refractivity contribution is 5.17. The van der Waals surface area contributed by atoms with Gasteiger partial charge in [0.15, 0.2) is 6.33 Å². The maximum absolute atomic E-state index is 13.2. The van der Waals surface area contributed by atoms with Gasteiger partial charge in [-0.15, -0.1) is 0 Å². The molecule has 2 nitrogen and oxygen atoms in total. The van der Waals surface area contributed by atoms with Crippen molar-refractivity contribution in [3.05, 3.63) is 54.4 Å². The van der Waals surface area contributed by atoms with Gasteiger partial charge in [0.1, 0.15) is 5.82 Å². The molecule has 1 aromatic carbocycles. The number of imidazole rings is 1. The topological polar surface area (TPSA) is 17.8 Å².